The van der Waals surface area contributed by atoms with Crippen molar-refractivity contribution >= 4 is 5.97 Å². The van der Waals surface area contributed by atoms with Crippen molar-refractivity contribution < 1.29 is 19.7 Å². The summed E-state index contributed by atoms with van der Waals surface area (Å²) in [6.07, 6.45) is 21.1. The van der Waals surface area contributed by atoms with Crippen LogP contribution in [-0.4, -0.2) is 35.5 Å². The second-order valence-corrected chi connectivity index (χ2v) is 5.20. The molecule has 1 atom stereocenters. The lowest BCUT2D eigenvalue weighted by atomic mass is 10.1. The van der Waals surface area contributed by atoms with Gasteiger partial charge < -0.3 is 14.9 Å². The monoisotopic (exact) mass is 322 g/mol. The average Bonchev–Trinajstić information content (AvgIpc) is 2.51. The summed E-state index contributed by atoms with van der Waals surface area (Å²) in [6.45, 7) is 2.22. The van der Waals surface area contributed by atoms with Gasteiger partial charge in [0.2, 0.25) is 0 Å². The number of aliphatic hydroxyl groups excluding tert-OH is 1. The molecule has 0 aromatic carbocycles. The van der Waals surface area contributed by atoms with Crippen LogP contribution in [0, 0.1) is 0 Å². The minimum Gasteiger partial charge on any atom is -0.480 e. The molecule has 23 heavy (non-hydrogen) atoms. The van der Waals surface area contributed by atoms with E-state index < -0.39 is 5.97 Å². The molecule has 0 rings (SSSR count). The second kappa shape index (κ2) is 16.7. The van der Waals surface area contributed by atoms with Gasteiger partial charge in [0.25, 0.3) is 0 Å². The van der Waals surface area contributed by atoms with Gasteiger partial charge in [-0.2, -0.15) is 0 Å². The lowest BCUT2D eigenvalue weighted by Gasteiger charge is -2.02. The maximum absolute atomic E-state index is 10.2. The van der Waals surface area contributed by atoms with Crippen LogP contribution in [0.1, 0.15) is 45.4 Å². The third-order valence-corrected chi connectivity index (χ3v) is 3.00. The highest BCUT2D eigenvalue weighted by atomic mass is 16.5. The predicted octanol–water partition coefficient (Wildman–Crippen LogP) is 4.03. The Balaban J connectivity index is 3.57. The third-order valence-electron chi connectivity index (χ3n) is 3.00. The fourth-order valence-electron chi connectivity index (χ4n) is 1.78. The van der Waals surface area contributed by atoms with Crippen LogP contribution >= 0.6 is 0 Å². The standard InChI is InChI=1S/C19H30O4/c1-2-3-11-14-18(20)15-12-9-7-5-4-6-8-10-13-16-23-17-19(21)22/h4,6-7,9-10,12-13,15,18,20H,2-3,5,8,11,14,16-17H2,1H3,(H,21,22)/b6-4-,9-7-,13-10-,15-12+/t18-/m0/s1. The van der Waals surface area contributed by atoms with E-state index in [4.69, 9.17) is 9.84 Å². The van der Waals surface area contributed by atoms with Crippen molar-refractivity contribution in [3.63, 3.8) is 0 Å². The molecule has 2 N–H and O–H groups in total. The Morgan fingerprint density at radius 3 is 2.43 bits per heavy atom. The molecule has 4 heteroatoms. The third kappa shape index (κ3) is 18.3. The van der Waals surface area contributed by atoms with E-state index >= 15 is 0 Å². The summed E-state index contributed by atoms with van der Waals surface area (Å²) in [4.78, 5) is 10.2. The Morgan fingerprint density at radius 2 is 1.74 bits per heavy atom. The Labute approximate surface area is 139 Å². The molecule has 0 aromatic rings. The number of hydrogen-bond acceptors (Lipinski definition) is 3. The van der Waals surface area contributed by atoms with Crippen molar-refractivity contribution in [1.82, 2.24) is 0 Å². The van der Waals surface area contributed by atoms with Crippen LogP contribution in [0.15, 0.2) is 48.6 Å². The Bertz CT molecular complexity index is 394. The van der Waals surface area contributed by atoms with Crippen molar-refractivity contribution in [3.8, 4) is 0 Å². The Kier molecular flexibility index (Phi) is 15.5. The molecule has 0 heterocycles. The summed E-state index contributed by atoms with van der Waals surface area (Å²) in [5.41, 5.74) is 0. The molecule has 4 nitrogen and oxygen atoms in total. The summed E-state index contributed by atoms with van der Waals surface area (Å²) >= 11 is 0. The number of ether oxygens (including phenoxy) is 1. The molecule has 0 radical (unpaired) electrons. The molecular weight excluding hydrogens is 292 g/mol. The van der Waals surface area contributed by atoms with E-state index in [1.54, 1.807) is 0 Å². The summed E-state index contributed by atoms with van der Waals surface area (Å²) in [5, 5.41) is 18.1. The minimum atomic E-state index is -0.951. The molecule has 0 aliphatic rings. The van der Waals surface area contributed by atoms with Crippen molar-refractivity contribution in [1.29, 1.82) is 0 Å². The maximum atomic E-state index is 10.2. The number of aliphatic carboxylic acids is 1. The SMILES string of the molecule is CCCCC[C@H](O)/C=C/C=C\C/C=C\C/C=C\COCC(=O)O. The molecule has 0 saturated carbocycles. The second-order valence-electron chi connectivity index (χ2n) is 5.20. The van der Waals surface area contributed by atoms with Gasteiger partial charge in [-0.25, -0.2) is 4.79 Å². The smallest absolute Gasteiger partial charge is 0.329 e. The summed E-state index contributed by atoms with van der Waals surface area (Å²) < 4.78 is 4.87. The zero-order valence-corrected chi connectivity index (χ0v) is 14.1. The number of hydrogen-bond donors (Lipinski definition) is 2. The molecule has 130 valence electrons. The fraction of sp³-hybridized carbons (Fsp3) is 0.526. The van der Waals surface area contributed by atoms with Gasteiger partial charge in [0.15, 0.2) is 0 Å². The van der Waals surface area contributed by atoms with E-state index in [9.17, 15) is 9.90 Å². The first-order valence-corrected chi connectivity index (χ1v) is 8.27. The zero-order valence-electron chi connectivity index (χ0n) is 14.1. The number of aliphatic hydroxyl groups is 1. The van der Waals surface area contributed by atoms with Gasteiger partial charge in [0.05, 0.1) is 12.7 Å². The van der Waals surface area contributed by atoms with Crippen LogP contribution < -0.4 is 0 Å². The Hall–Kier alpha value is -1.65. The fourth-order valence-corrected chi connectivity index (χ4v) is 1.78. The highest BCUT2D eigenvalue weighted by Gasteiger charge is 1.96. The van der Waals surface area contributed by atoms with Crippen molar-refractivity contribution in [2.75, 3.05) is 13.2 Å². The van der Waals surface area contributed by atoms with E-state index in [1.807, 2.05) is 42.5 Å². The molecule has 0 spiro atoms. The van der Waals surface area contributed by atoms with Gasteiger partial charge in [0.1, 0.15) is 6.61 Å². The molecule has 0 aliphatic heterocycles. The van der Waals surface area contributed by atoms with E-state index in [0.717, 1.165) is 25.7 Å². The van der Waals surface area contributed by atoms with Gasteiger partial charge in [-0.05, 0) is 19.3 Å². The highest BCUT2D eigenvalue weighted by Crippen LogP contribution is 2.04. The van der Waals surface area contributed by atoms with Crippen LogP contribution in [-0.2, 0) is 9.53 Å². The van der Waals surface area contributed by atoms with Crippen molar-refractivity contribution in [2.24, 2.45) is 0 Å². The van der Waals surface area contributed by atoms with Crippen LogP contribution in [0.4, 0.5) is 0 Å². The maximum Gasteiger partial charge on any atom is 0.329 e. The van der Waals surface area contributed by atoms with Gasteiger partial charge in [-0.15, -0.1) is 0 Å². The summed E-state index contributed by atoms with van der Waals surface area (Å²) in [6, 6.07) is 0. The number of rotatable bonds is 14. The van der Waals surface area contributed by atoms with Crippen LogP contribution in [0.3, 0.4) is 0 Å². The van der Waals surface area contributed by atoms with Crippen LogP contribution in [0.25, 0.3) is 0 Å². The lowest BCUT2D eigenvalue weighted by molar-refractivity contribution is -0.141. The topological polar surface area (TPSA) is 66.8 Å². The quantitative estimate of drug-likeness (QED) is 0.288. The number of carbonyl (C=O) groups is 1. The van der Waals surface area contributed by atoms with Gasteiger partial charge >= 0.3 is 5.97 Å². The molecule has 0 bridgehead atoms. The first-order chi connectivity index (χ1) is 11.2. The minimum absolute atomic E-state index is 0.258. The molecular formula is C19H30O4. The number of carboxylic acids is 1. The molecule has 0 amide bonds. The van der Waals surface area contributed by atoms with E-state index in [1.165, 1.54) is 12.8 Å². The van der Waals surface area contributed by atoms with Gasteiger partial charge in [-0.3, -0.25) is 0 Å². The summed E-state index contributed by atoms with van der Waals surface area (Å²) in [5.74, 6) is -0.951. The number of carboxylic acid groups (broad SMARTS) is 1. The highest BCUT2D eigenvalue weighted by molar-refractivity contribution is 5.67. The van der Waals surface area contributed by atoms with Crippen molar-refractivity contribution in [2.45, 2.75) is 51.6 Å². The van der Waals surface area contributed by atoms with Crippen LogP contribution in [0.5, 0.6) is 0 Å². The molecule has 0 aliphatic carbocycles. The lowest BCUT2D eigenvalue weighted by Crippen LogP contribution is -2.06. The normalized spacial score (nSPS) is 13.8. The van der Waals surface area contributed by atoms with Gasteiger partial charge in [-0.1, -0.05) is 74.8 Å². The van der Waals surface area contributed by atoms with E-state index in [0.29, 0.717) is 6.61 Å². The largest absolute Gasteiger partial charge is 0.480 e. The molecule has 0 fully saturated rings. The zero-order chi connectivity index (χ0) is 17.2. The number of allylic oxidation sites excluding steroid dienone is 6. The van der Waals surface area contributed by atoms with Crippen LogP contribution in [0.2, 0.25) is 0 Å². The first kappa shape index (κ1) is 21.4. The predicted molar refractivity (Wildman–Crippen MR) is 94.4 cm³/mol. The van der Waals surface area contributed by atoms with E-state index in [2.05, 4.69) is 13.0 Å². The van der Waals surface area contributed by atoms with Crippen molar-refractivity contribution in [3.05, 3.63) is 48.6 Å². The molecule has 0 unspecified atom stereocenters. The average molecular weight is 322 g/mol. The Morgan fingerprint density at radius 1 is 1.04 bits per heavy atom. The number of unbranched alkanes of at least 4 members (excludes halogenated alkanes) is 2. The summed E-state index contributed by atoms with van der Waals surface area (Å²) in [7, 11) is 0. The molecule has 0 saturated heterocycles. The van der Waals surface area contributed by atoms with Gasteiger partial charge in [0, 0.05) is 0 Å². The first-order valence-electron chi connectivity index (χ1n) is 8.27. The van der Waals surface area contributed by atoms with E-state index in [-0.39, 0.29) is 12.7 Å². The molecule has 0 aromatic heterocycles.